The molecule has 0 heterocycles. The maximum absolute atomic E-state index is 12.7. The molecule has 1 unspecified atom stereocenters. The second-order valence-electron chi connectivity index (χ2n) is 10.1. The van der Waals surface area contributed by atoms with Crippen molar-refractivity contribution < 1.29 is 19.4 Å². The zero-order valence-electron chi connectivity index (χ0n) is 21.3. The molecular weight excluding hydrogens is 400 g/mol. The average molecular weight is 453 g/mol. The van der Waals surface area contributed by atoms with Crippen molar-refractivity contribution in [2.24, 2.45) is 11.8 Å². The van der Waals surface area contributed by atoms with E-state index in [1.807, 2.05) is 0 Å². The van der Waals surface area contributed by atoms with Crippen LogP contribution in [0.4, 0.5) is 0 Å². The van der Waals surface area contributed by atoms with Crippen LogP contribution in [0.3, 0.4) is 0 Å². The molecule has 0 aromatic rings. The zero-order chi connectivity index (χ0) is 23.4. The predicted octanol–water partition coefficient (Wildman–Crippen LogP) is 8.46. The van der Waals surface area contributed by atoms with Gasteiger partial charge in [0.25, 0.3) is 0 Å². The summed E-state index contributed by atoms with van der Waals surface area (Å²) in [5.41, 5.74) is 0. The van der Waals surface area contributed by atoms with E-state index in [1.54, 1.807) is 0 Å². The molecule has 0 saturated heterocycles. The van der Waals surface area contributed by atoms with E-state index in [9.17, 15) is 9.59 Å². The van der Waals surface area contributed by atoms with E-state index < -0.39 is 5.97 Å². The lowest BCUT2D eigenvalue weighted by Crippen LogP contribution is -2.29. The number of carboxylic acids is 1. The third kappa shape index (κ3) is 14.2. The van der Waals surface area contributed by atoms with Gasteiger partial charge in [0.1, 0.15) is 6.10 Å². The minimum Gasteiger partial charge on any atom is -0.481 e. The third-order valence-corrected chi connectivity index (χ3v) is 7.20. The number of rotatable bonds is 20. The lowest BCUT2D eigenvalue weighted by molar-refractivity contribution is -0.158. The zero-order valence-corrected chi connectivity index (χ0v) is 21.3. The SMILES string of the molecule is CCCCCCCCCCCCCC(CCCCCC)OC(=O)C1CCC(C(=O)O)CC1. The topological polar surface area (TPSA) is 63.6 Å². The third-order valence-electron chi connectivity index (χ3n) is 7.20. The van der Waals surface area contributed by atoms with Gasteiger partial charge in [0.05, 0.1) is 11.8 Å². The number of aliphatic carboxylic acids is 1. The first kappa shape index (κ1) is 29.0. The van der Waals surface area contributed by atoms with Crippen LogP contribution in [0.25, 0.3) is 0 Å². The molecule has 1 fully saturated rings. The van der Waals surface area contributed by atoms with Gasteiger partial charge in [-0.2, -0.15) is 0 Å². The van der Waals surface area contributed by atoms with E-state index in [0.29, 0.717) is 25.7 Å². The van der Waals surface area contributed by atoms with E-state index in [0.717, 1.165) is 25.7 Å². The Balaban J connectivity index is 2.23. The molecule has 0 spiro atoms. The Hall–Kier alpha value is -1.06. The van der Waals surface area contributed by atoms with Gasteiger partial charge in [0, 0.05) is 0 Å². The maximum atomic E-state index is 12.7. The van der Waals surface area contributed by atoms with Crippen LogP contribution in [-0.4, -0.2) is 23.1 Å². The molecule has 0 aromatic carbocycles. The summed E-state index contributed by atoms with van der Waals surface area (Å²) in [6, 6.07) is 0. The van der Waals surface area contributed by atoms with E-state index >= 15 is 0 Å². The maximum Gasteiger partial charge on any atom is 0.309 e. The van der Waals surface area contributed by atoms with E-state index in [2.05, 4.69) is 13.8 Å². The number of hydrogen-bond acceptors (Lipinski definition) is 3. The first-order chi connectivity index (χ1) is 15.6. The van der Waals surface area contributed by atoms with Crippen LogP contribution < -0.4 is 0 Å². The molecule has 32 heavy (non-hydrogen) atoms. The lowest BCUT2D eigenvalue weighted by atomic mass is 9.82. The lowest BCUT2D eigenvalue weighted by Gasteiger charge is -2.27. The summed E-state index contributed by atoms with van der Waals surface area (Å²) in [5, 5.41) is 9.17. The molecule has 0 radical (unpaired) electrons. The molecule has 0 aromatic heterocycles. The Labute approximate surface area is 198 Å². The highest BCUT2D eigenvalue weighted by Crippen LogP contribution is 2.30. The molecule has 1 atom stereocenters. The van der Waals surface area contributed by atoms with Crippen LogP contribution in [0.15, 0.2) is 0 Å². The first-order valence-electron chi connectivity index (χ1n) is 14.0. The van der Waals surface area contributed by atoms with Crippen molar-refractivity contribution in [3.8, 4) is 0 Å². The number of carbonyl (C=O) groups excluding carboxylic acids is 1. The largest absolute Gasteiger partial charge is 0.481 e. The van der Waals surface area contributed by atoms with Gasteiger partial charge in [-0.1, -0.05) is 97.3 Å². The number of unbranched alkanes of at least 4 members (excludes halogenated alkanes) is 13. The normalized spacial score (nSPS) is 19.6. The average Bonchev–Trinajstić information content (AvgIpc) is 2.80. The first-order valence-corrected chi connectivity index (χ1v) is 14.0. The molecule has 188 valence electrons. The Morgan fingerprint density at radius 2 is 1.03 bits per heavy atom. The van der Waals surface area contributed by atoms with Crippen LogP contribution in [0.5, 0.6) is 0 Å². The summed E-state index contributed by atoms with van der Waals surface area (Å²) in [6.07, 6.45) is 24.0. The summed E-state index contributed by atoms with van der Waals surface area (Å²) in [7, 11) is 0. The molecule has 4 nitrogen and oxygen atoms in total. The van der Waals surface area contributed by atoms with Gasteiger partial charge in [-0.25, -0.2) is 0 Å². The van der Waals surface area contributed by atoms with E-state index in [4.69, 9.17) is 9.84 Å². The van der Waals surface area contributed by atoms with Crippen molar-refractivity contribution in [2.75, 3.05) is 0 Å². The molecule has 0 amide bonds. The summed E-state index contributed by atoms with van der Waals surface area (Å²) < 4.78 is 5.97. The highest BCUT2D eigenvalue weighted by atomic mass is 16.5. The van der Waals surface area contributed by atoms with Crippen LogP contribution >= 0.6 is 0 Å². The highest BCUT2D eigenvalue weighted by molar-refractivity contribution is 5.74. The number of hydrogen-bond donors (Lipinski definition) is 1. The van der Waals surface area contributed by atoms with E-state index in [1.165, 1.54) is 83.5 Å². The second-order valence-corrected chi connectivity index (χ2v) is 10.1. The number of carbonyl (C=O) groups is 2. The molecule has 1 N–H and O–H groups in total. The van der Waals surface area contributed by atoms with Gasteiger partial charge in [-0.15, -0.1) is 0 Å². The van der Waals surface area contributed by atoms with Crippen molar-refractivity contribution in [3.05, 3.63) is 0 Å². The van der Waals surface area contributed by atoms with Crippen LogP contribution in [0.2, 0.25) is 0 Å². The van der Waals surface area contributed by atoms with Gasteiger partial charge in [0.2, 0.25) is 0 Å². The number of esters is 1. The molecule has 0 bridgehead atoms. The molecule has 4 heteroatoms. The Bertz CT molecular complexity index is 468. The van der Waals surface area contributed by atoms with Gasteiger partial charge < -0.3 is 9.84 Å². The minimum absolute atomic E-state index is 0.0510. The number of ether oxygens (including phenoxy) is 1. The molecule has 0 aliphatic heterocycles. The Morgan fingerprint density at radius 1 is 0.656 bits per heavy atom. The van der Waals surface area contributed by atoms with E-state index in [-0.39, 0.29) is 23.9 Å². The molecule has 1 saturated carbocycles. The van der Waals surface area contributed by atoms with Crippen molar-refractivity contribution in [1.82, 2.24) is 0 Å². The fraction of sp³-hybridized carbons (Fsp3) is 0.929. The fourth-order valence-electron chi connectivity index (χ4n) is 4.93. The standard InChI is InChI=1S/C28H52O4/c1-3-5-7-9-10-11-12-13-14-15-17-19-26(18-16-8-6-4-2)32-28(31)25-22-20-24(21-23-25)27(29)30/h24-26H,3-23H2,1-2H3,(H,29,30). The van der Waals surface area contributed by atoms with Crippen LogP contribution in [-0.2, 0) is 14.3 Å². The minimum atomic E-state index is -0.720. The molecular formula is C28H52O4. The summed E-state index contributed by atoms with van der Waals surface area (Å²) in [5.74, 6) is -1.17. The summed E-state index contributed by atoms with van der Waals surface area (Å²) in [6.45, 7) is 4.49. The van der Waals surface area contributed by atoms with Crippen molar-refractivity contribution in [1.29, 1.82) is 0 Å². The predicted molar refractivity (Wildman–Crippen MR) is 133 cm³/mol. The van der Waals surface area contributed by atoms with Crippen molar-refractivity contribution in [3.63, 3.8) is 0 Å². The van der Waals surface area contributed by atoms with Crippen LogP contribution in [0, 0.1) is 11.8 Å². The monoisotopic (exact) mass is 452 g/mol. The highest BCUT2D eigenvalue weighted by Gasteiger charge is 2.31. The Morgan fingerprint density at radius 3 is 1.47 bits per heavy atom. The van der Waals surface area contributed by atoms with Gasteiger partial charge >= 0.3 is 11.9 Å². The second kappa shape index (κ2) is 19.4. The molecule has 1 aliphatic carbocycles. The van der Waals surface area contributed by atoms with Gasteiger partial charge in [-0.3, -0.25) is 9.59 Å². The Kier molecular flexibility index (Phi) is 17.6. The van der Waals surface area contributed by atoms with Crippen LogP contribution in [0.1, 0.15) is 149 Å². The fourth-order valence-corrected chi connectivity index (χ4v) is 4.93. The molecule has 1 rings (SSSR count). The smallest absolute Gasteiger partial charge is 0.309 e. The van der Waals surface area contributed by atoms with Gasteiger partial charge in [-0.05, 0) is 51.4 Å². The quantitative estimate of drug-likeness (QED) is 0.149. The molecule has 1 aliphatic rings. The summed E-state index contributed by atoms with van der Waals surface area (Å²) in [4.78, 5) is 23.9. The van der Waals surface area contributed by atoms with Gasteiger partial charge in [0.15, 0.2) is 0 Å². The summed E-state index contributed by atoms with van der Waals surface area (Å²) >= 11 is 0. The van der Waals surface area contributed by atoms with Crippen molar-refractivity contribution in [2.45, 2.75) is 155 Å². The van der Waals surface area contributed by atoms with Crippen molar-refractivity contribution >= 4 is 11.9 Å². The number of carboxylic acid groups (broad SMARTS) is 1.